The molecule has 29 heavy (non-hydrogen) atoms. The van der Waals surface area contributed by atoms with Crippen LogP contribution in [0.15, 0.2) is 47.4 Å². The van der Waals surface area contributed by atoms with Gasteiger partial charge in [-0.3, -0.25) is 0 Å². The zero-order chi connectivity index (χ0) is 21.0. The Kier molecular flexibility index (Phi) is 7.03. The SMILES string of the molecule is CS(=O)(=O)c1ccc([C@@H](CCN2CCC(CN)CC2)c2cc(F)cc(F)c2)cc1. The van der Waals surface area contributed by atoms with Crippen molar-refractivity contribution in [1.29, 1.82) is 0 Å². The van der Waals surface area contributed by atoms with Crippen molar-refractivity contribution in [2.75, 3.05) is 32.4 Å². The lowest BCUT2D eigenvalue weighted by atomic mass is 9.87. The molecular formula is C22H28F2N2O2S. The Balaban J connectivity index is 1.82. The molecule has 1 aliphatic rings. The highest BCUT2D eigenvalue weighted by molar-refractivity contribution is 7.90. The van der Waals surface area contributed by atoms with Crippen LogP contribution in [0.3, 0.4) is 0 Å². The van der Waals surface area contributed by atoms with Gasteiger partial charge in [-0.2, -0.15) is 0 Å². The average Bonchev–Trinajstić information content (AvgIpc) is 2.67. The quantitative estimate of drug-likeness (QED) is 0.741. The molecule has 2 N–H and O–H groups in total. The van der Waals surface area contributed by atoms with Gasteiger partial charge in [0.2, 0.25) is 0 Å². The summed E-state index contributed by atoms with van der Waals surface area (Å²) < 4.78 is 51.2. The van der Waals surface area contributed by atoms with Gasteiger partial charge in [-0.25, -0.2) is 17.2 Å². The Morgan fingerprint density at radius 2 is 1.62 bits per heavy atom. The molecule has 0 bridgehead atoms. The summed E-state index contributed by atoms with van der Waals surface area (Å²) in [6.07, 6.45) is 3.98. The lowest BCUT2D eigenvalue weighted by molar-refractivity contribution is 0.184. The fourth-order valence-corrected chi connectivity index (χ4v) is 4.64. The second kappa shape index (κ2) is 9.32. The van der Waals surface area contributed by atoms with Gasteiger partial charge in [-0.15, -0.1) is 0 Å². The standard InChI is InChI=1S/C22H28F2N2O2S/c1-29(27,28)21-4-2-17(3-5-21)22(18-12-19(23)14-20(24)13-18)8-11-26-9-6-16(15-25)7-10-26/h2-5,12-14,16,22H,6-11,15,25H2,1H3/t22-/m1/s1. The first-order valence-corrected chi connectivity index (χ1v) is 11.8. The van der Waals surface area contributed by atoms with E-state index >= 15 is 0 Å². The van der Waals surface area contributed by atoms with Crippen molar-refractivity contribution in [3.8, 4) is 0 Å². The number of sulfone groups is 1. The molecule has 158 valence electrons. The maximum Gasteiger partial charge on any atom is 0.175 e. The van der Waals surface area contributed by atoms with Crippen LogP contribution in [-0.2, 0) is 9.84 Å². The van der Waals surface area contributed by atoms with Crippen molar-refractivity contribution in [2.24, 2.45) is 11.7 Å². The number of hydrogen-bond acceptors (Lipinski definition) is 4. The monoisotopic (exact) mass is 422 g/mol. The van der Waals surface area contributed by atoms with Gasteiger partial charge in [0, 0.05) is 18.2 Å². The molecule has 0 aromatic heterocycles. The first kappa shape index (κ1) is 21.9. The van der Waals surface area contributed by atoms with Crippen LogP contribution in [0.5, 0.6) is 0 Å². The average molecular weight is 423 g/mol. The summed E-state index contributed by atoms with van der Waals surface area (Å²) in [4.78, 5) is 2.59. The first-order chi connectivity index (χ1) is 13.8. The zero-order valence-corrected chi connectivity index (χ0v) is 17.5. The molecule has 1 atom stereocenters. The fourth-order valence-electron chi connectivity index (χ4n) is 4.01. The lowest BCUT2D eigenvalue weighted by Crippen LogP contribution is -2.37. The van der Waals surface area contributed by atoms with E-state index in [-0.39, 0.29) is 10.8 Å². The number of nitrogens with two attached hydrogens (primary N) is 1. The van der Waals surface area contributed by atoms with Crippen LogP contribution < -0.4 is 5.73 Å². The molecule has 0 aliphatic carbocycles. The number of nitrogens with zero attached hydrogens (tertiary/aromatic N) is 1. The van der Waals surface area contributed by atoms with E-state index in [9.17, 15) is 17.2 Å². The molecule has 0 unspecified atom stereocenters. The summed E-state index contributed by atoms with van der Waals surface area (Å²) >= 11 is 0. The molecule has 4 nitrogen and oxygen atoms in total. The predicted molar refractivity (Wildman–Crippen MR) is 111 cm³/mol. The van der Waals surface area contributed by atoms with Crippen molar-refractivity contribution in [1.82, 2.24) is 4.90 Å². The summed E-state index contributed by atoms with van der Waals surface area (Å²) in [5.74, 6) is -0.869. The number of rotatable bonds is 7. The van der Waals surface area contributed by atoms with E-state index in [1.54, 1.807) is 24.3 Å². The van der Waals surface area contributed by atoms with Gasteiger partial charge in [0.15, 0.2) is 9.84 Å². The van der Waals surface area contributed by atoms with Gasteiger partial charge in [0.25, 0.3) is 0 Å². The van der Waals surface area contributed by atoms with Gasteiger partial charge < -0.3 is 10.6 Å². The molecule has 0 radical (unpaired) electrons. The number of hydrogen-bond donors (Lipinski definition) is 1. The minimum absolute atomic E-state index is 0.221. The van der Waals surface area contributed by atoms with E-state index in [2.05, 4.69) is 4.90 Å². The summed E-state index contributed by atoms with van der Waals surface area (Å²) in [5.41, 5.74) is 7.17. The van der Waals surface area contributed by atoms with E-state index < -0.39 is 21.5 Å². The molecule has 2 aromatic rings. The van der Waals surface area contributed by atoms with Crippen LogP contribution in [-0.4, -0.2) is 45.8 Å². The third kappa shape index (κ3) is 5.84. The largest absolute Gasteiger partial charge is 0.330 e. The van der Waals surface area contributed by atoms with Gasteiger partial charge >= 0.3 is 0 Å². The van der Waals surface area contributed by atoms with Gasteiger partial charge in [-0.05, 0) is 86.8 Å². The summed E-state index contributed by atoms with van der Waals surface area (Å²) in [5, 5.41) is 0. The Bertz CT molecular complexity index is 904. The second-order valence-corrected chi connectivity index (χ2v) is 9.92. The Hall–Kier alpha value is -1.83. The highest BCUT2D eigenvalue weighted by atomic mass is 32.2. The Morgan fingerprint density at radius 1 is 1.03 bits per heavy atom. The highest BCUT2D eigenvalue weighted by Gasteiger charge is 2.22. The maximum absolute atomic E-state index is 13.9. The van der Waals surface area contributed by atoms with Crippen molar-refractivity contribution in [3.05, 3.63) is 65.2 Å². The molecule has 0 spiro atoms. The molecule has 1 heterocycles. The van der Waals surface area contributed by atoms with E-state index in [4.69, 9.17) is 5.73 Å². The molecule has 0 saturated carbocycles. The molecule has 2 aromatic carbocycles. The van der Waals surface area contributed by atoms with Crippen molar-refractivity contribution >= 4 is 9.84 Å². The normalized spacial score (nSPS) is 17.4. The molecule has 3 rings (SSSR count). The van der Waals surface area contributed by atoms with Crippen LogP contribution in [0.25, 0.3) is 0 Å². The van der Waals surface area contributed by atoms with Crippen LogP contribution in [0.2, 0.25) is 0 Å². The molecule has 7 heteroatoms. The second-order valence-electron chi connectivity index (χ2n) is 7.91. The number of benzene rings is 2. The lowest BCUT2D eigenvalue weighted by Gasteiger charge is -2.32. The molecule has 0 amide bonds. The van der Waals surface area contributed by atoms with Crippen LogP contribution in [0.1, 0.15) is 36.3 Å². The van der Waals surface area contributed by atoms with E-state index in [1.165, 1.54) is 12.1 Å². The van der Waals surface area contributed by atoms with E-state index in [0.717, 1.165) is 50.4 Å². The van der Waals surface area contributed by atoms with E-state index in [0.29, 0.717) is 24.4 Å². The minimum atomic E-state index is -3.30. The Labute approximate surface area is 171 Å². The summed E-state index contributed by atoms with van der Waals surface area (Å²) in [6, 6.07) is 10.2. The third-order valence-electron chi connectivity index (χ3n) is 5.77. The molecule has 1 fully saturated rings. The maximum atomic E-state index is 13.9. The third-order valence-corrected chi connectivity index (χ3v) is 6.90. The summed E-state index contributed by atoms with van der Waals surface area (Å²) in [6.45, 7) is 3.46. The van der Waals surface area contributed by atoms with Crippen molar-refractivity contribution in [2.45, 2.75) is 30.1 Å². The predicted octanol–water partition coefficient (Wildman–Crippen LogP) is 3.56. The molecule has 1 saturated heterocycles. The highest BCUT2D eigenvalue weighted by Crippen LogP contribution is 2.31. The van der Waals surface area contributed by atoms with Crippen LogP contribution in [0.4, 0.5) is 8.78 Å². The number of likely N-dealkylation sites (tertiary alicyclic amines) is 1. The number of piperidine rings is 1. The molecule has 1 aliphatic heterocycles. The zero-order valence-electron chi connectivity index (χ0n) is 16.7. The molecular weight excluding hydrogens is 394 g/mol. The Morgan fingerprint density at radius 3 is 2.14 bits per heavy atom. The van der Waals surface area contributed by atoms with Gasteiger partial charge in [0.1, 0.15) is 11.6 Å². The van der Waals surface area contributed by atoms with Crippen LogP contribution in [0, 0.1) is 17.6 Å². The summed E-state index contributed by atoms with van der Waals surface area (Å²) in [7, 11) is -3.30. The number of halogens is 2. The first-order valence-electron chi connectivity index (χ1n) is 9.94. The fraction of sp³-hybridized carbons (Fsp3) is 0.455. The van der Waals surface area contributed by atoms with Gasteiger partial charge in [0.05, 0.1) is 4.90 Å². The smallest absolute Gasteiger partial charge is 0.175 e. The van der Waals surface area contributed by atoms with E-state index in [1.807, 2.05) is 0 Å². The van der Waals surface area contributed by atoms with Crippen molar-refractivity contribution in [3.63, 3.8) is 0 Å². The topological polar surface area (TPSA) is 63.4 Å². The van der Waals surface area contributed by atoms with Crippen molar-refractivity contribution < 1.29 is 17.2 Å². The van der Waals surface area contributed by atoms with Crippen LogP contribution >= 0.6 is 0 Å². The minimum Gasteiger partial charge on any atom is -0.330 e. The van der Waals surface area contributed by atoms with Gasteiger partial charge in [-0.1, -0.05) is 12.1 Å².